The Morgan fingerprint density at radius 2 is 2.00 bits per heavy atom. The average molecular weight is 306 g/mol. The molecule has 0 aliphatic heterocycles. The molecule has 0 radical (unpaired) electrons. The maximum atomic E-state index is 12.0. The lowest BCUT2D eigenvalue weighted by Gasteiger charge is -2.15. The highest BCUT2D eigenvalue weighted by molar-refractivity contribution is 7.11. The van der Waals surface area contributed by atoms with E-state index in [2.05, 4.69) is 4.37 Å². The minimum absolute atomic E-state index is 0.0270. The molecule has 0 saturated heterocycles. The number of benzene rings is 1. The van der Waals surface area contributed by atoms with E-state index < -0.39 is 12.1 Å². The molecule has 0 atom stereocenters. The third-order valence-corrected chi connectivity index (χ3v) is 3.86. The summed E-state index contributed by atoms with van der Waals surface area (Å²) in [4.78, 5) is 24.4. The van der Waals surface area contributed by atoms with E-state index in [1.807, 2.05) is 30.3 Å². The Morgan fingerprint density at radius 3 is 2.62 bits per heavy atom. The molecule has 2 rings (SSSR count). The molecule has 1 amide bonds. The standard InChI is InChI=1S/C14H14N2O4S/c1-9-11(13(17)18)12(21-15-9)16(2)14(19)20-8-10-6-4-3-5-7-10/h3-7H,8H2,1-2H3,(H,17,18). The van der Waals surface area contributed by atoms with Gasteiger partial charge in [-0.25, -0.2) is 9.59 Å². The van der Waals surface area contributed by atoms with Crippen molar-refractivity contribution in [3.63, 3.8) is 0 Å². The van der Waals surface area contributed by atoms with E-state index in [1.165, 1.54) is 7.05 Å². The molecule has 1 N–H and O–H groups in total. The van der Waals surface area contributed by atoms with Crippen LogP contribution in [0.25, 0.3) is 0 Å². The van der Waals surface area contributed by atoms with Crippen LogP contribution in [0.2, 0.25) is 0 Å². The maximum Gasteiger partial charge on any atom is 0.415 e. The third-order valence-electron chi connectivity index (χ3n) is 2.84. The number of rotatable bonds is 4. The summed E-state index contributed by atoms with van der Waals surface area (Å²) in [5, 5.41) is 9.42. The van der Waals surface area contributed by atoms with Gasteiger partial charge in [0.2, 0.25) is 0 Å². The summed E-state index contributed by atoms with van der Waals surface area (Å²) in [7, 11) is 1.46. The molecule has 1 aromatic carbocycles. The predicted molar refractivity (Wildman–Crippen MR) is 78.8 cm³/mol. The van der Waals surface area contributed by atoms with E-state index in [9.17, 15) is 9.59 Å². The zero-order valence-electron chi connectivity index (χ0n) is 11.6. The number of hydrogen-bond donors (Lipinski definition) is 1. The first-order valence-corrected chi connectivity index (χ1v) is 6.92. The van der Waals surface area contributed by atoms with Gasteiger partial charge in [-0.1, -0.05) is 30.3 Å². The number of aryl methyl sites for hydroxylation is 1. The summed E-state index contributed by atoms with van der Waals surface area (Å²) in [6.07, 6.45) is -0.620. The fraction of sp³-hybridized carbons (Fsp3) is 0.214. The molecule has 7 heteroatoms. The SMILES string of the molecule is Cc1nsc(N(C)C(=O)OCc2ccccc2)c1C(=O)O. The van der Waals surface area contributed by atoms with Crippen LogP contribution in [-0.2, 0) is 11.3 Å². The lowest BCUT2D eigenvalue weighted by molar-refractivity contribution is 0.0697. The van der Waals surface area contributed by atoms with Crippen LogP contribution in [0.15, 0.2) is 30.3 Å². The Labute approximate surface area is 125 Å². The van der Waals surface area contributed by atoms with Crippen LogP contribution in [-0.4, -0.2) is 28.6 Å². The molecule has 0 saturated carbocycles. The quantitative estimate of drug-likeness (QED) is 0.939. The Bertz CT molecular complexity index is 654. The lowest BCUT2D eigenvalue weighted by Crippen LogP contribution is -2.27. The Morgan fingerprint density at radius 1 is 1.33 bits per heavy atom. The fourth-order valence-corrected chi connectivity index (χ4v) is 2.57. The molecule has 0 aliphatic carbocycles. The number of aromatic carboxylic acids is 1. The van der Waals surface area contributed by atoms with Crippen LogP contribution >= 0.6 is 11.5 Å². The zero-order valence-corrected chi connectivity index (χ0v) is 12.4. The van der Waals surface area contributed by atoms with Gasteiger partial charge in [-0.15, -0.1) is 0 Å². The van der Waals surface area contributed by atoms with Gasteiger partial charge < -0.3 is 9.84 Å². The number of amides is 1. The van der Waals surface area contributed by atoms with Gasteiger partial charge in [-0.2, -0.15) is 4.37 Å². The smallest absolute Gasteiger partial charge is 0.415 e. The second-order valence-corrected chi connectivity index (χ2v) is 5.10. The topological polar surface area (TPSA) is 79.7 Å². The van der Waals surface area contributed by atoms with Gasteiger partial charge in [0, 0.05) is 7.05 Å². The first kappa shape index (κ1) is 15.0. The number of carboxylic acid groups (broad SMARTS) is 1. The largest absolute Gasteiger partial charge is 0.478 e. The predicted octanol–water partition coefficient (Wildman–Crippen LogP) is 2.92. The zero-order chi connectivity index (χ0) is 15.4. The Hall–Kier alpha value is -2.41. The second-order valence-electron chi connectivity index (χ2n) is 4.35. The molecule has 1 heterocycles. The summed E-state index contributed by atoms with van der Waals surface area (Å²) < 4.78 is 9.13. The highest BCUT2D eigenvalue weighted by Crippen LogP contribution is 2.28. The van der Waals surface area contributed by atoms with Crippen molar-refractivity contribution in [1.29, 1.82) is 0 Å². The number of hydrogen-bond acceptors (Lipinski definition) is 5. The van der Waals surface area contributed by atoms with Gasteiger partial charge in [-0.3, -0.25) is 4.90 Å². The molecule has 1 aromatic heterocycles. The van der Waals surface area contributed by atoms with Crippen LogP contribution in [0, 0.1) is 6.92 Å². The molecule has 0 unspecified atom stereocenters. The molecule has 0 spiro atoms. The van der Waals surface area contributed by atoms with Gasteiger partial charge in [0.05, 0.1) is 5.69 Å². The second kappa shape index (κ2) is 6.36. The van der Waals surface area contributed by atoms with Crippen molar-refractivity contribution in [3.8, 4) is 0 Å². The molecular formula is C14H14N2O4S. The van der Waals surface area contributed by atoms with Crippen LogP contribution in [0.1, 0.15) is 21.6 Å². The molecule has 110 valence electrons. The molecular weight excluding hydrogens is 292 g/mol. The Kier molecular flexibility index (Phi) is 4.54. The number of carboxylic acids is 1. The van der Waals surface area contributed by atoms with Crippen LogP contribution in [0.3, 0.4) is 0 Å². The number of carbonyl (C=O) groups is 2. The summed E-state index contributed by atoms with van der Waals surface area (Å²) in [6, 6.07) is 9.25. The Balaban J connectivity index is 2.08. The number of anilines is 1. The lowest BCUT2D eigenvalue weighted by atomic mass is 10.2. The van der Waals surface area contributed by atoms with Crippen molar-refractivity contribution < 1.29 is 19.4 Å². The molecule has 0 fully saturated rings. The molecule has 0 bridgehead atoms. The van der Waals surface area contributed by atoms with Gasteiger partial charge in [-0.05, 0) is 24.0 Å². The van der Waals surface area contributed by atoms with Crippen LogP contribution in [0.5, 0.6) is 0 Å². The van der Waals surface area contributed by atoms with E-state index in [4.69, 9.17) is 9.84 Å². The highest BCUT2D eigenvalue weighted by atomic mass is 32.1. The first-order valence-electron chi connectivity index (χ1n) is 6.14. The number of ether oxygens (including phenoxy) is 1. The molecule has 0 aliphatic rings. The maximum absolute atomic E-state index is 12.0. The van der Waals surface area contributed by atoms with Crippen LogP contribution in [0.4, 0.5) is 9.80 Å². The summed E-state index contributed by atoms with van der Waals surface area (Å²) in [5.41, 5.74) is 1.27. The van der Waals surface area contributed by atoms with Gasteiger partial charge in [0.25, 0.3) is 0 Å². The van der Waals surface area contributed by atoms with E-state index in [1.54, 1.807) is 6.92 Å². The van der Waals surface area contributed by atoms with Gasteiger partial charge >= 0.3 is 12.1 Å². The average Bonchev–Trinajstić information content (AvgIpc) is 2.87. The molecule has 6 nitrogen and oxygen atoms in total. The fourth-order valence-electron chi connectivity index (χ4n) is 1.73. The van der Waals surface area contributed by atoms with Crippen molar-refractivity contribution in [3.05, 3.63) is 47.2 Å². The minimum atomic E-state index is -1.11. The molecule has 2 aromatic rings. The van der Waals surface area contributed by atoms with E-state index in [0.29, 0.717) is 5.69 Å². The first-order chi connectivity index (χ1) is 10.0. The van der Waals surface area contributed by atoms with E-state index in [-0.39, 0.29) is 17.2 Å². The van der Waals surface area contributed by atoms with Gasteiger partial charge in [0.15, 0.2) is 0 Å². The number of aromatic nitrogens is 1. The number of carbonyl (C=O) groups excluding carboxylic acids is 1. The van der Waals surface area contributed by atoms with E-state index >= 15 is 0 Å². The van der Waals surface area contributed by atoms with E-state index in [0.717, 1.165) is 22.0 Å². The van der Waals surface area contributed by atoms with Crippen LogP contribution < -0.4 is 4.90 Å². The third kappa shape index (κ3) is 3.38. The number of nitrogens with zero attached hydrogens (tertiary/aromatic N) is 2. The summed E-state index contributed by atoms with van der Waals surface area (Å²) in [6.45, 7) is 1.72. The monoisotopic (exact) mass is 306 g/mol. The van der Waals surface area contributed by atoms with Crippen molar-refractivity contribution in [2.45, 2.75) is 13.5 Å². The van der Waals surface area contributed by atoms with Crippen molar-refractivity contribution >= 4 is 28.6 Å². The van der Waals surface area contributed by atoms with Crippen molar-refractivity contribution in [1.82, 2.24) is 4.37 Å². The van der Waals surface area contributed by atoms with Crippen molar-refractivity contribution in [2.75, 3.05) is 11.9 Å². The molecule has 21 heavy (non-hydrogen) atoms. The normalized spacial score (nSPS) is 10.2. The summed E-state index contributed by atoms with van der Waals surface area (Å²) in [5.74, 6) is -1.11. The summed E-state index contributed by atoms with van der Waals surface area (Å²) >= 11 is 0.957. The minimum Gasteiger partial charge on any atom is -0.478 e. The van der Waals surface area contributed by atoms with Gasteiger partial charge in [0.1, 0.15) is 17.2 Å². The van der Waals surface area contributed by atoms with Crippen molar-refractivity contribution in [2.24, 2.45) is 0 Å². The highest BCUT2D eigenvalue weighted by Gasteiger charge is 2.24.